The maximum absolute atomic E-state index is 9.17. The van der Waals surface area contributed by atoms with Crippen molar-refractivity contribution in [2.75, 3.05) is 0 Å². The molecule has 0 aliphatic carbocycles. The van der Waals surface area contributed by atoms with Crippen molar-refractivity contribution in [2.45, 2.75) is 9.79 Å². The Morgan fingerprint density at radius 3 is 2.41 bits per heavy atom. The summed E-state index contributed by atoms with van der Waals surface area (Å²) in [6, 6.07) is 14.1. The van der Waals surface area contributed by atoms with Crippen LogP contribution in [0, 0.1) is 11.3 Å². The Labute approximate surface area is 108 Å². The molecule has 0 aliphatic heterocycles. The highest BCUT2D eigenvalue weighted by Gasteiger charge is 2.04. The van der Waals surface area contributed by atoms with Gasteiger partial charge in [0, 0.05) is 9.79 Å². The van der Waals surface area contributed by atoms with Gasteiger partial charge in [-0.3, -0.25) is 0 Å². The molecule has 1 N–H and O–H groups in total. The van der Waals surface area contributed by atoms with E-state index < -0.39 is 0 Å². The Morgan fingerprint density at radius 1 is 1.12 bits per heavy atom. The molecule has 0 atom stereocenters. The van der Waals surface area contributed by atoms with Crippen LogP contribution in [0.15, 0.2) is 52.3 Å². The Bertz CT molecular complexity index is 575. The van der Waals surface area contributed by atoms with Crippen molar-refractivity contribution >= 4 is 23.4 Å². The molecule has 84 valence electrons. The molecule has 0 bridgehead atoms. The van der Waals surface area contributed by atoms with Crippen molar-refractivity contribution in [2.24, 2.45) is 0 Å². The number of phenolic OH excluding ortho intramolecular Hbond substituents is 1. The number of hydrogen-bond acceptors (Lipinski definition) is 3. The van der Waals surface area contributed by atoms with E-state index in [0.29, 0.717) is 10.6 Å². The predicted molar refractivity (Wildman–Crippen MR) is 68.4 cm³/mol. The minimum Gasteiger partial charge on any atom is -0.508 e. The van der Waals surface area contributed by atoms with E-state index >= 15 is 0 Å². The van der Waals surface area contributed by atoms with Crippen LogP contribution >= 0.6 is 23.4 Å². The monoisotopic (exact) mass is 261 g/mol. The van der Waals surface area contributed by atoms with Gasteiger partial charge in [0.2, 0.25) is 0 Å². The lowest BCUT2D eigenvalue weighted by atomic mass is 10.2. The van der Waals surface area contributed by atoms with Crippen LogP contribution in [-0.2, 0) is 0 Å². The van der Waals surface area contributed by atoms with E-state index in [9.17, 15) is 5.11 Å². The van der Waals surface area contributed by atoms with Crippen molar-refractivity contribution in [1.82, 2.24) is 0 Å². The van der Waals surface area contributed by atoms with Crippen LogP contribution in [-0.4, -0.2) is 5.11 Å². The first-order valence-corrected chi connectivity index (χ1v) is 6.05. The van der Waals surface area contributed by atoms with E-state index in [-0.39, 0.29) is 5.75 Å². The number of phenols is 1. The van der Waals surface area contributed by atoms with E-state index in [1.165, 1.54) is 11.8 Å². The second kappa shape index (κ2) is 5.13. The Morgan fingerprint density at radius 2 is 1.82 bits per heavy atom. The number of halogens is 1. The van der Waals surface area contributed by atoms with Crippen molar-refractivity contribution in [1.29, 1.82) is 5.26 Å². The maximum Gasteiger partial charge on any atom is 0.115 e. The second-order valence-electron chi connectivity index (χ2n) is 3.35. The molecule has 0 heterocycles. The number of aromatic hydroxyl groups is 1. The van der Waals surface area contributed by atoms with Crippen LogP contribution in [0.1, 0.15) is 5.56 Å². The highest BCUT2D eigenvalue weighted by Crippen LogP contribution is 2.34. The van der Waals surface area contributed by atoms with Crippen LogP contribution < -0.4 is 0 Å². The van der Waals surface area contributed by atoms with Crippen LogP contribution in [0.4, 0.5) is 0 Å². The first kappa shape index (κ1) is 11.8. The number of nitriles is 1. The molecule has 0 radical (unpaired) electrons. The molecular formula is C13H8ClNOS. The standard InChI is InChI=1S/C13H8ClNOS/c14-12-7-9(8-15)1-6-13(12)17-11-4-2-10(16)3-5-11/h1-7,16H. The molecule has 4 heteroatoms. The van der Waals surface area contributed by atoms with Gasteiger partial charge in [0.05, 0.1) is 16.7 Å². The van der Waals surface area contributed by atoms with Gasteiger partial charge in [0.1, 0.15) is 5.75 Å². The molecule has 2 nitrogen and oxygen atoms in total. The molecule has 2 rings (SSSR count). The lowest BCUT2D eigenvalue weighted by molar-refractivity contribution is 0.475. The van der Waals surface area contributed by atoms with Gasteiger partial charge in [-0.2, -0.15) is 5.26 Å². The van der Waals surface area contributed by atoms with E-state index in [4.69, 9.17) is 16.9 Å². The topological polar surface area (TPSA) is 44.0 Å². The molecule has 2 aromatic carbocycles. The van der Waals surface area contributed by atoms with Gasteiger partial charge in [0.25, 0.3) is 0 Å². The largest absolute Gasteiger partial charge is 0.508 e. The van der Waals surface area contributed by atoms with E-state index in [0.717, 1.165) is 9.79 Å². The van der Waals surface area contributed by atoms with E-state index in [1.807, 2.05) is 24.3 Å². The highest BCUT2D eigenvalue weighted by molar-refractivity contribution is 7.99. The Kier molecular flexibility index (Phi) is 3.58. The molecule has 0 fully saturated rings. The summed E-state index contributed by atoms with van der Waals surface area (Å²) in [5.41, 5.74) is 0.546. The first-order valence-electron chi connectivity index (χ1n) is 4.85. The lowest BCUT2D eigenvalue weighted by Crippen LogP contribution is -1.79. The minimum atomic E-state index is 0.236. The van der Waals surface area contributed by atoms with Crippen molar-refractivity contribution in [3.63, 3.8) is 0 Å². The average molecular weight is 262 g/mol. The van der Waals surface area contributed by atoms with Crippen LogP contribution in [0.3, 0.4) is 0 Å². The fourth-order valence-corrected chi connectivity index (χ4v) is 2.41. The normalized spacial score (nSPS) is 9.88. The predicted octanol–water partition coefficient (Wildman–Crippen LogP) is 4.07. The number of benzene rings is 2. The SMILES string of the molecule is N#Cc1ccc(Sc2ccc(O)cc2)c(Cl)c1. The zero-order valence-corrected chi connectivity index (χ0v) is 10.3. The Balaban J connectivity index is 2.25. The summed E-state index contributed by atoms with van der Waals surface area (Å²) >= 11 is 7.56. The third-order valence-electron chi connectivity index (χ3n) is 2.13. The number of hydrogen-bond donors (Lipinski definition) is 1. The minimum absolute atomic E-state index is 0.236. The summed E-state index contributed by atoms with van der Waals surface area (Å²) in [6.07, 6.45) is 0. The van der Waals surface area contributed by atoms with Crippen molar-refractivity contribution < 1.29 is 5.11 Å². The van der Waals surface area contributed by atoms with Gasteiger partial charge < -0.3 is 5.11 Å². The zero-order valence-electron chi connectivity index (χ0n) is 8.72. The molecule has 0 amide bonds. The first-order chi connectivity index (χ1) is 8.19. The van der Waals surface area contributed by atoms with Crippen LogP contribution in [0.5, 0.6) is 5.75 Å². The molecule has 17 heavy (non-hydrogen) atoms. The third-order valence-corrected chi connectivity index (χ3v) is 3.63. The lowest BCUT2D eigenvalue weighted by Gasteiger charge is -2.04. The van der Waals surface area contributed by atoms with Crippen LogP contribution in [0.2, 0.25) is 5.02 Å². The molecule has 0 saturated heterocycles. The van der Waals surface area contributed by atoms with Crippen molar-refractivity contribution in [3.05, 3.63) is 53.1 Å². The summed E-state index contributed by atoms with van der Waals surface area (Å²) in [4.78, 5) is 1.87. The molecule has 2 aromatic rings. The molecule has 0 spiro atoms. The second-order valence-corrected chi connectivity index (χ2v) is 4.88. The highest BCUT2D eigenvalue weighted by atomic mass is 35.5. The van der Waals surface area contributed by atoms with E-state index in [2.05, 4.69) is 0 Å². The van der Waals surface area contributed by atoms with Gasteiger partial charge in [-0.25, -0.2) is 0 Å². The van der Waals surface area contributed by atoms with Crippen molar-refractivity contribution in [3.8, 4) is 11.8 Å². The molecular weight excluding hydrogens is 254 g/mol. The smallest absolute Gasteiger partial charge is 0.115 e. The quantitative estimate of drug-likeness (QED) is 0.886. The fraction of sp³-hybridized carbons (Fsp3) is 0. The van der Waals surface area contributed by atoms with Gasteiger partial charge in [-0.05, 0) is 42.5 Å². The molecule has 0 aliphatic rings. The number of nitrogens with zero attached hydrogens (tertiary/aromatic N) is 1. The van der Waals surface area contributed by atoms with Gasteiger partial charge in [0.15, 0.2) is 0 Å². The van der Waals surface area contributed by atoms with Gasteiger partial charge in [-0.15, -0.1) is 0 Å². The molecule has 0 unspecified atom stereocenters. The zero-order chi connectivity index (χ0) is 12.3. The van der Waals surface area contributed by atoms with Gasteiger partial charge in [-0.1, -0.05) is 23.4 Å². The molecule has 0 saturated carbocycles. The van der Waals surface area contributed by atoms with Crippen LogP contribution in [0.25, 0.3) is 0 Å². The average Bonchev–Trinajstić information content (AvgIpc) is 2.34. The third kappa shape index (κ3) is 2.94. The number of rotatable bonds is 2. The maximum atomic E-state index is 9.17. The summed E-state index contributed by atoms with van der Waals surface area (Å²) < 4.78 is 0. The van der Waals surface area contributed by atoms with E-state index in [1.54, 1.807) is 24.3 Å². The Hall–Kier alpha value is -1.63. The summed E-state index contributed by atoms with van der Waals surface area (Å²) in [7, 11) is 0. The van der Waals surface area contributed by atoms with Gasteiger partial charge >= 0.3 is 0 Å². The summed E-state index contributed by atoms with van der Waals surface area (Å²) in [5.74, 6) is 0.236. The molecule has 0 aromatic heterocycles. The summed E-state index contributed by atoms with van der Waals surface area (Å²) in [5, 5.41) is 18.5. The fourth-order valence-electron chi connectivity index (χ4n) is 1.29. The summed E-state index contributed by atoms with van der Waals surface area (Å²) in [6.45, 7) is 0.